The van der Waals surface area contributed by atoms with Crippen molar-refractivity contribution in [3.63, 3.8) is 0 Å². The van der Waals surface area contributed by atoms with Crippen LogP contribution in [0.15, 0.2) is 42.6 Å². The van der Waals surface area contributed by atoms with Gasteiger partial charge in [-0.1, -0.05) is 17.2 Å². The molecular weight excluding hydrogens is 248 g/mol. The van der Waals surface area contributed by atoms with Gasteiger partial charge in [-0.3, -0.25) is 9.59 Å². The molecule has 0 fully saturated rings. The number of hydrogen-bond donors (Lipinski definition) is 1. The van der Waals surface area contributed by atoms with Crippen LogP contribution < -0.4 is 0 Å². The van der Waals surface area contributed by atoms with Gasteiger partial charge in [-0.15, -0.1) is 0 Å². The van der Waals surface area contributed by atoms with Gasteiger partial charge in [0.1, 0.15) is 5.69 Å². The van der Waals surface area contributed by atoms with Crippen LogP contribution in [-0.4, -0.2) is 27.8 Å². The third kappa shape index (κ3) is 1.70. The summed E-state index contributed by atoms with van der Waals surface area (Å²) in [6, 6.07) is 9.40. The number of fused-ring (bicyclic) bond motifs is 1. The SMILES string of the molecule is O=C(ON1C(=O)c2ccccc2C1=O)c1ccc[nH]1. The number of nitrogens with zero attached hydrogens (tertiary/aromatic N) is 1. The van der Waals surface area contributed by atoms with E-state index in [0.717, 1.165) is 0 Å². The molecule has 0 bridgehead atoms. The van der Waals surface area contributed by atoms with E-state index < -0.39 is 17.8 Å². The minimum Gasteiger partial charge on any atom is -0.356 e. The van der Waals surface area contributed by atoms with Gasteiger partial charge in [0.25, 0.3) is 11.8 Å². The molecule has 6 nitrogen and oxygen atoms in total. The van der Waals surface area contributed by atoms with E-state index in [1.165, 1.54) is 18.2 Å². The molecule has 2 amide bonds. The van der Waals surface area contributed by atoms with E-state index in [-0.39, 0.29) is 16.8 Å². The van der Waals surface area contributed by atoms with E-state index in [1.54, 1.807) is 24.4 Å². The first-order chi connectivity index (χ1) is 9.18. The van der Waals surface area contributed by atoms with Crippen molar-refractivity contribution in [3.05, 3.63) is 59.4 Å². The number of benzene rings is 1. The van der Waals surface area contributed by atoms with Gasteiger partial charge in [0, 0.05) is 6.20 Å². The summed E-state index contributed by atoms with van der Waals surface area (Å²) in [4.78, 5) is 43.0. The van der Waals surface area contributed by atoms with Crippen molar-refractivity contribution in [2.75, 3.05) is 0 Å². The third-order valence-corrected chi connectivity index (χ3v) is 2.75. The molecule has 19 heavy (non-hydrogen) atoms. The normalized spacial score (nSPS) is 13.6. The van der Waals surface area contributed by atoms with Crippen molar-refractivity contribution >= 4 is 17.8 Å². The number of hydrogen-bond acceptors (Lipinski definition) is 4. The second kappa shape index (κ2) is 4.09. The van der Waals surface area contributed by atoms with Crippen LogP contribution >= 0.6 is 0 Å². The largest absolute Gasteiger partial charge is 0.379 e. The Morgan fingerprint density at radius 3 is 2.16 bits per heavy atom. The Morgan fingerprint density at radius 2 is 1.63 bits per heavy atom. The Bertz CT molecular complexity index is 641. The fourth-order valence-electron chi connectivity index (χ4n) is 1.84. The molecule has 1 aromatic heterocycles. The van der Waals surface area contributed by atoms with Crippen molar-refractivity contribution in [3.8, 4) is 0 Å². The topological polar surface area (TPSA) is 79.5 Å². The highest BCUT2D eigenvalue weighted by Gasteiger charge is 2.38. The molecule has 0 atom stereocenters. The molecule has 0 saturated heterocycles. The summed E-state index contributed by atoms with van der Waals surface area (Å²) in [5.74, 6) is -2.07. The number of nitrogens with one attached hydrogen (secondary N) is 1. The van der Waals surface area contributed by atoms with Crippen molar-refractivity contribution < 1.29 is 19.2 Å². The maximum absolute atomic E-state index is 11.9. The van der Waals surface area contributed by atoms with Crippen molar-refractivity contribution in [2.24, 2.45) is 0 Å². The van der Waals surface area contributed by atoms with E-state index in [1.807, 2.05) is 0 Å². The monoisotopic (exact) mass is 256 g/mol. The van der Waals surface area contributed by atoms with Gasteiger partial charge in [0.2, 0.25) is 0 Å². The van der Waals surface area contributed by atoms with Crippen LogP contribution in [0.5, 0.6) is 0 Å². The lowest BCUT2D eigenvalue weighted by molar-refractivity contribution is -0.0588. The highest BCUT2D eigenvalue weighted by atomic mass is 16.7. The van der Waals surface area contributed by atoms with Crippen LogP contribution in [0.4, 0.5) is 0 Å². The average molecular weight is 256 g/mol. The van der Waals surface area contributed by atoms with E-state index in [9.17, 15) is 14.4 Å². The number of rotatable bonds is 2. The molecule has 1 aliphatic rings. The van der Waals surface area contributed by atoms with Crippen molar-refractivity contribution in [1.29, 1.82) is 0 Å². The fraction of sp³-hybridized carbons (Fsp3) is 0. The van der Waals surface area contributed by atoms with Gasteiger partial charge in [-0.05, 0) is 24.3 Å². The highest BCUT2D eigenvalue weighted by Crippen LogP contribution is 2.23. The number of H-pyrrole nitrogens is 1. The maximum atomic E-state index is 11.9. The summed E-state index contributed by atoms with van der Waals surface area (Å²) < 4.78 is 0. The summed E-state index contributed by atoms with van der Waals surface area (Å²) >= 11 is 0. The first-order valence-electron chi connectivity index (χ1n) is 5.52. The molecule has 3 rings (SSSR count). The Hall–Kier alpha value is -2.89. The minimum atomic E-state index is -0.792. The van der Waals surface area contributed by atoms with E-state index >= 15 is 0 Å². The first kappa shape index (κ1) is 11.2. The molecule has 2 heterocycles. The fourth-order valence-corrected chi connectivity index (χ4v) is 1.84. The molecule has 0 radical (unpaired) electrons. The van der Waals surface area contributed by atoms with Gasteiger partial charge < -0.3 is 9.82 Å². The Morgan fingerprint density at radius 1 is 1.00 bits per heavy atom. The Balaban J connectivity index is 1.87. The van der Waals surface area contributed by atoms with Gasteiger partial charge in [-0.2, -0.15) is 0 Å². The van der Waals surface area contributed by atoms with Gasteiger partial charge in [0.15, 0.2) is 0 Å². The zero-order valence-electron chi connectivity index (χ0n) is 9.62. The van der Waals surface area contributed by atoms with Crippen LogP contribution in [0, 0.1) is 0 Å². The number of aromatic amines is 1. The number of amides is 2. The Labute approximate surface area is 107 Å². The predicted octanol–water partition coefficient (Wildman–Crippen LogP) is 1.38. The van der Waals surface area contributed by atoms with Crippen LogP contribution in [0.25, 0.3) is 0 Å². The quantitative estimate of drug-likeness (QED) is 0.823. The average Bonchev–Trinajstić information content (AvgIpc) is 3.03. The van der Waals surface area contributed by atoms with Crippen LogP contribution in [0.1, 0.15) is 31.2 Å². The van der Waals surface area contributed by atoms with Gasteiger partial charge in [0.05, 0.1) is 11.1 Å². The maximum Gasteiger partial charge on any atom is 0.379 e. The second-order valence-corrected chi connectivity index (χ2v) is 3.91. The zero-order chi connectivity index (χ0) is 13.4. The summed E-state index contributed by atoms with van der Waals surface area (Å²) in [5.41, 5.74) is 0.620. The molecule has 1 aromatic carbocycles. The van der Waals surface area contributed by atoms with Crippen molar-refractivity contribution in [2.45, 2.75) is 0 Å². The molecule has 6 heteroatoms. The third-order valence-electron chi connectivity index (χ3n) is 2.75. The molecule has 2 aromatic rings. The summed E-state index contributed by atoms with van der Waals surface area (Å²) in [6.45, 7) is 0. The number of aromatic nitrogens is 1. The number of carbonyl (C=O) groups excluding carboxylic acids is 3. The summed E-state index contributed by atoms with van der Waals surface area (Å²) in [5, 5.41) is 0.480. The summed E-state index contributed by atoms with van der Waals surface area (Å²) in [6.07, 6.45) is 1.54. The van der Waals surface area contributed by atoms with Crippen LogP contribution in [0.2, 0.25) is 0 Å². The number of hydroxylamine groups is 2. The molecule has 1 N–H and O–H groups in total. The Kier molecular flexibility index (Phi) is 2.42. The lowest BCUT2D eigenvalue weighted by atomic mass is 10.1. The molecule has 1 aliphatic heterocycles. The second-order valence-electron chi connectivity index (χ2n) is 3.91. The lowest BCUT2D eigenvalue weighted by Crippen LogP contribution is -2.32. The number of carbonyl (C=O) groups is 3. The molecule has 0 saturated carbocycles. The van der Waals surface area contributed by atoms with Crippen LogP contribution in [0.3, 0.4) is 0 Å². The van der Waals surface area contributed by atoms with Gasteiger partial charge in [-0.25, -0.2) is 4.79 Å². The standard InChI is InChI=1S/C13H8N2O4/c16-11-8-4-1-2-5-9(8)12(17)15(11)19-13(18)10-6-3-7-14-10/h1-7,14H. The van der Waals surface area contributed by atoms with E-state index in [2.05, 4.69) is 4.98 Å². The molecular formula is C13H8N2O4. The predicted molar refractivity (Wildman–Crippen MR) is 63.2 cm³/mol. The number of imide groups is 1. The van der Waals surface area contributed by atoms with Crippen LogP contribution in [-0.2, 0) is 4.84 Å². The molecule has 0 spiro atoms. The first-order valence-corrected chi connectivity index (χ1v) is 5.52. The minimum absolute atomic E-state index is 0.163. The molecule has 0 unspecified atom stereocenters. The highest BCUT2D eigenvalue weighted by molar-refractivity contribution is 6.21. The zero-order valence-corrected chi connectivity index (χ0v) is 9.62. The van der Waals surface area contributed by atoms with E-state index in [0.29, 0.717) is 5.06 Å². The molecule has 0 aliphatic carbocycles. The van der Waals surface area contributed by atoms with Crippen molar-refractivity contribution in [1.82, 2.24) is 10.0 Å². The van der Waals surface area contributed by atoms with Gasteiger partial charge >= 0.3 is 5.97 Å². The summed E-state index contributed by atoms with van der Waals surface area (Å²) in [7, 11) is 0. The molecule has 94 valence electrons. The van der Waals surface area contributed by atoms with E-state index in [4.69, 9.17) is 4.84 Å². The smallest absolute Gasteiger partial charge is 0.356 e. The lowest BCUT2D eigenvalue weighted by Gasteiger charge is -2.11.